The van der Waals surface area contributed by atoms with Crippen LogP contribution in [0.15, 0.2) is 0 Å². The molecule has 4 heteroatoms. The molecule has 1 amide bonds. The van der Waals surface area contributed by atoms with Crippen LogP contribution in [0.3, 0.4) is 0 Å². The maximum absolute atomic E-state index is 11.4. The molecule has 0 aliphatic carbocycles. The highest BCUT2D eigenvalue weighted by molar-refractivity contribution is 5.84. The van der Waals surface area contributed by atoms with Crippen molar-refractivity contribution in [3.63, 3.8) is 0 Å². The molecule has 4 nitrogen and oxygen atoms in total. The number of carbonyl (C=O) groups excluding carboxylic acids is 1. The third-order valence-electron chi connectivity index (χ3n) is 3.58. The first-order valence-corrected chi connectivity index (χ1v) is 7.62. The van der Waals surface area contributed by atoms with Gasteiger partial charge >= 0.3 is 0 Å². The topological polar surface area (TPSA) is 64.3 Å². The Bertz CT molecular complexity index is 246. The molecule has 0 aromatic heterocycles. The monoisotopic (exact) mass is 272 g/mol. The van der Waals surface area contributed by atoms with Gasteiger partial charge < -0.3 is 15.8 Å². The van der Waals surface area contributed by atoms with Crippen molar-refractivity contribution in [2.75, 3.05) is 13.2 Å². The number of amides is 1. The Balaban J connectivity index is 3.83. The van der Waals surface area contributed by atoms with E-state index in [1.54, 1.807) is 0 Å². The van der Waals surface area contributed by atoms with Crippen molar-refractivity contribution in [3.8, 4) is 0 Å². The van der Waals surface area contributed by atoms with E-state index in [-0.39, 0.29) is 12.0 Å². The van der Waals surface area contributed by atoms with Crippen LogP contribution in [-0.4, -0.2) is 30.7 Å². The minimum Gasteiger partial charge on any atom is -0.378 e. The van der Waals surface area contributed by atoms with Crippen molar-refractivity contribution < 1.29 is 9.53 Å². The van der Waals surface area contributed by atoms with Gasteiger partial charge in [0.1, 0.15) is 0 Å². The highest BCUT2D eigenvalue weighted by Gasteiger charge is 2.29. The Labute approximate surface area is 118 Å². The summed E-state index contributed by atoms with van der Waals surface area (Å²) in [6.45, 7) is 9.42. The van der Waals surface area contributed by atoms with Gasteiger partial charge in [-0.25, -0.2) is 0 Å². The quantitative estimate of drug-likeness (QED) is 0.537. The number of carbonyl (C=O) groups is 1. The average Bonchev–Trinajstić information content (AvgIpc) is 2.35. The van der Waals surface area contributed by atoms with Gasteiger partial charge in [0, 0.05) is 6.61 Å². The van der Waals surface area contributed by atoms with Gasteiger partial charge in [0.2, 0.25) is 5.91 Å². The molecule has 3 N–H and O–H groups in total. The summed E-state index contributed by atoms with van der Waals surface area (Å²) in [4.78, 5) is 11.4. The number of nitrogens with two attached hydrogens (primary N) is 1. The number of rotatable bonds is 12. The Morgan fingerprint density at radius 3 is 2.53 bits per heavy atom. The van der Waals surface area contributed by atoms with E-state index in [1.807, 2.05) is 13.8 Å². The van der Waals surface area contributed by atoms with Gasteiger partial charge in [-0.3, -0.25) is 4.79 Å². The number of unbranched alkanes of at least 4 members (excludes halogenated alkanes) is 3. The molecule has 0 aromatic rings. The standard InChI is InChI=1S/C15H32N2O2/c1-5-7-8-9-10-13(3)19-12-11-15(4,14(16)18)17-6-2/h13,17H,5-12H2,1-4H3,(H2,16,18). The fourth-order valence-electron chi connectivity index (χ4n) is 2.10. The smallest absolute Gasteiger partial charge is 0.237 e. The molecule has 0 bridgehead atoms. The SMILES string of the molecule is CCCCCCC(C)OCCC(C)(NCC)C(N)=O. The second kappa shape index (κ2) is 10.2. The lowest BCUT2D eigenvalue weighted by molar-refractivity contribution is -0.124. The second-order valence-corrected chi connectivity index (χ2v) is 5.51. The van der Waals surface area contributed by atoms with E-state index in [2.05, 4.69) is 19.2 Å². The summed E-state index contributed by atoms with van der Waals surface area (Å²) in [5.74, 6) is -0.312. The maximum atomic E-state index is 11.4. The van der Waals surface area contributed by atoms with Gasteiger partial charge in [-0.05, 0) is 33.2 Å². The zero-order valence-electron chi connectivity index (χ0n) is 13.1. The van der Waals surface area contributed by atoms with E-state index < -0.39 is 5.54 Å². The molecule has 0 heterocycles. The largest absolute Gasteiger partial charge is 0.378 e. The number of hydrogen-bond donors (Lipinski definition) is 2. The third kappa shape index (κ3) is 8.22. The number of hydrogen-bond acceptors (Lipinski definition) is 3. The predicted molar refractivity (Wildman–Crippen MR) is 80.1 cm³/mol. The average molecular weight is 272 g/mol. The zero-order valence-corrected chi connectivity index (χ0v) is 13.1. The van der Waals surface area contributed by atoms with Crippen molar-refractivity contribution in [1.82, 2.24) is 5.32 Å². The van der Waals surface area contributed by atoms with E-state index in [1.165, 1.54) is 25.7 Å². The van der Waals surface area contributed by atoms with Crippen LogP contribution in [-0.2, 0) is 9.53 Å². The Morgan fingerprint density at radius 1 is 1.32 bits per heavy atom. The van der Waals surface area contributed by atoms with Crippen molar-refractivity contribution in [2.45, 2.75) is 77.9 Å². The third-order valence-corrected chi connectivity index (χ3v) is 3.58. The van der Waals surface area contributed by atoms with Crippen LogP contribution in [0.25, 0.3) is 0 Å². The summed E-state index contributed by atoms with van der Waals surface area (Å²) in [5.41, 5.74) is 4.77. The van der Waals surface area contributed by atoms with E-state index >= 15 is 0 Å². The number of likely N-dealkylation sites (N-methyl/N-ethyl adjacent to an activating group) is 1. The van der Waals surface area contributed by atoms with Gasteiger partial charge in [-0.1, -0.05) is 39.5 Å². The molecule has 114 valence electrons. The Hall–Kier alpha value is -0.610. The van der Waals surface area contributed by atoms with Gasteiger partial charge in [-0.15, -0.1) is 0 Å². The lowest BCUT2D eigenvalue weighted by atomic mass is 9.97. The minimum atomic E-state index is -0.656. The Morgan fingerprint density at radius 2 is 2.00 bits per heavy atom. The second-order valence-electron chi connectivity index (χ2n) is 5.51. The molecule has 0 radical (unpaired) electrons. The molecular formula is C15H32N2O2. The molecular weight excluding hydrogens is 240 g/mol. The first-order chi connectivity index (χ1) is 8.96. The van der Waals surface area contributed by atoms with Crippen molar-refractivity contribution >= 4 is 5.91 Å². The van der Waals surface area contributed by atoms with Gasteiger partial charge in [-0.2, -0.15) is 0 Å². The summed E-state index contributed by atoms with van der Waals surface area (Å²) in [6.07, 6.45) is 7.03. The van der Waals surface area contributed by atoms with Gasteiger partial charge in [0.25, 0.3) is 0 Å². The molecule has 0 rings (SSSR count). The van der Waals surface area contributed by atoms with Crippen molar-refractivity contribution in [1.29, 1.82) is 0 Å². The van der Waals surface area contributed by atoms with Crippen LogP contribution >= 0.6 is 0 Å². The van der Waals surface area contributed by atoms with Crippen LogP contribution in [0.1, 0.15) is 66.2 Å². The lowest BCUT2D eigenvalue weighted by Crippen LogP contribution is -2.53. The number of nitrogens with one attached hydrogen (secondary N) is 1. The van der Waals surface area contributed by atoms with Crippen LogP contribution in [0.5, 0.6) is 0 Å². The van der Waals surface area contributed by atoms with E-state index in [0.717, 1.165) is 13.0 Å². The summed E-state index contributed by atoms with van der Waals surface area (Å²) >= 11 is 0. The highest BCUT2D eigenvalue weighted by atomic mass is 16.5. The van der Waals surface area contributed by atoms with Crippen LogP contribution in [0.2, 0.25) is 0 Å². The molecule has 0 saturated carbocycles. The van der Waals surface area contributed by atoms with Crippen LogP contribution in [0.4, 0.5) is 0 Å². The molecule has 0 aromatic carbocycles. The fraction of sp³-hybridized carbons (Fsp3) is 0.933. The van der Waals surface area contributed by atoms with E-state index in [0.29, 0.717) is 13.0 Å². The number of ether oxygens (including phenoxy) is 1. The molecule has 19 heavy (non-hydrogen) atoms. The normalized spacial score (nSPS) is 16.0. The lowest BCUT2D eigenvalue weighted by Gasteiger charge is -2.27. The van der Waals surface area contributed by atoms with Crippen LogP contribution in [0, 0.1) is 0 Å². The van der Waals surface area contributed by atoms with E-state index in [4.69, 9.17) is 10.5 Å². The number of primary amides is 1. The highest BCUT2D eigenvalue weighted by Crippen LogP contribution is 2.12. The summed E-state index contributed by atoms with van der Waals surface area (Å²) in [7, 11) is 0. The zero-order chi connectivity index (χ0) is 14.7. The fourth-order valence-corrected chi connectivity index (χ4v) is 2.10. The van der Waals surface area contributed by atoms with Crippen LogP contribution < -0.4 is 11.1 Å². The van der Waals surface area contributed by atoms with Crippen molar-refractivity contribution in [3.05, 3.63) is 0 Å². The van der Waals surface area contributed by atoms with Gasteiger partial charge in [0.05, 0.1) is 11.6 Å². The van der Waals surface area contributed by atoms with E-state index in [9.17, 15) is 4.79 Å². The molecule has 0 fully saturated rings. The predicted octanol–water partition coefficient (Wildman–Crippen LogP) is 2.61. The first-order valence-electron chi connectivity index (χ1n) is 7.62. The molecule has 0 saturated heterocycles. The molecule has 2 atom stereocenters. The summed E-state index contributed by atoms with van der Waals surface area (Å²) in [6, 6.07) is 0. The Kier molecular flexibility index (Phi) is 9.88. The maximum Gasteiger partial charge on any atom is 0.237 e. The minimum absolute atomic E-state index is 0.260. The van der Waals surface area contributed by atoms with Crippen molar-refractivity contribution in [2.24, 2.45) is 5.73 Å². The molecule has 2 unspecified atom stereocenters. The molecule has 0 aliphatic rings. The molecule has 0 spiro atoms. The summed E-state index contributed by atoms with van der Waals surface area (Å²) in [5, 5.41) is 3.14. The van der Waals surface area contributed by atoms with Gasteiger partial charge in [0.15, 0.2) is 0 Å². The molecule has 0 aliphatic heterocycles. The first kappa shape index (κ1) is 18.4. The summed E-state index contributed by atoms with van der Waals surface area (Å²) < 4.78 is 5.77.